The van der Waals surface area contributed by atoms with Gasteiger partial charge in [-0.2, -0.15) is 0 Å². The molecule has 0 unspecified atom stereocenters. The Hall–Kier alpha value is -0.300. The van der Waals surface area contributed by atoms with Crippen LogP contribution in [0.1, 0.15) is 73.6 Å². The molecule has 1 aromatic heterocycles. The number of hydrogen-bond donors (Lipinski definition) is 0. The third-order valence-electron chi connectivity index (χ3n) is 6.94. The topological polar surface area (TPSA) is 0 Å². The lowest BCUT2D eigenvalue weighted by Gasteiger charge is -2.27. The van der Waals surface area contributed by atoms with Gasteiger partial charge in [0.15, 0.2) is 0 Å². The quantitative estimate of drug-likeness (QED) is 0.661. The maximum atomic E-state index is 2.51. The molecule has 4 bridgehead atoms. The lowest BCUT2D eigenvalue weighted by molar-refractivity contribution is 0.399. The average molecular weight is 272 g/mol. The Morgan fingerprint density at radius 2 is 1.47 bits per heavy atom. The first kappa shape index (κ1) is 11.4. The number of hydrogen-bond acceptors (Lipinski definition) is 1. The van der Waals surface area contributed by atoms with E-state index in [1.54, 1.807) is 12.8 Å². The Morgan fingerprint density at radius 3 is 2.05 bits per heavy atom. The highest BCUT2D eigenvalue weighted by atomic mass is 32.1. The predicted molar refractivity (Wildman–Crippen MR) is 80.7 cm³/mol. The van der Waals surface area contributed by atoms with Gasteiger partial charge in [-0.05, 0) is 91.0 Å². The molecule has 19 heavy (non-hydrogen) atoms. The molecule has 0 N–H and O–H groups in total. The van der Waals surface area contributed by atoms with E-state index >= 15 is 0 Å². The molecule has 0 aliphatic heterocycles. The number of thiophene rings is 1. The van der Waals surface area contributed by atoms with Crippen molar-refractivity contribution in [1.82, 2.24) is 0 Å². The molecule has 1 heteroatoms. The van der Waals surface area contributed by atoms with Crippen molar-refractivity contribution in [2.75, 3.05) is 0 Å². The molecule has 4 aliphatic rings. The second-order valence-electron chi connectivity index (χ2n) is 7.80. The Labute approximate surface area is 120 Å². The van der Waals surface area contributed by atoms with Gasteiger partial charge in [0.05, 0.1) is 0 Å². The van der Waals surface area contributed by atoms with Gasteiger partial charge in [-0.1, -0.05) is 12.8 Å². The molecule has 0 radical (unpaired) electrons. The van der Waals surface area contributed by atoms with E-state index in [1.165, 1.54) is 38.5 Å². The average Bonchev–Trinajstić information content (AvgIpc) is 3.20. The summed E-state index contributed by atoms with van der Waals surface area (Å²) in [4.78, 5) is 1.84. The molecule has 4 aliphatic carbocycles. The molecule has 4 fully saturated rings. The van der Waals surface area contributed by atoms with Crippen molar-refractivity contribution >= 4 is 11.3 Å². The lowest BCUT2D eigenvalue weighted by Crippen LogP contribution is -2.13. The van der Waals surface area contributed by atoms with Crippen LogP contribution in [-0.2, 0) is 0 Å². The molecule has 1 aromatic rings. The minimum atomic E-state index is 0.958. The van der Waals surface area contributed by atoms with Crippen molar-refractivity contribution in [3.05, 3.63) is 21.9 Å². The van der Waals surface area contributed by atoms with Gasteiger partial charge in [0.2, 0.25) is 0 Å². The molecule has 6 atom stereocenters. The molecular weight excluding hydrogens is 248 g/mol. The van der Waals surface area contributed by atoms with E-state index in [0.717, 1.165) is 35.5 Å². The second-order valence-corrected chi connectivity index (χ2v) is 8.75. The third-order valence-corrected chi connectivity index (χ3v) is 8.00. The summed E-state index contributed by atoms with van der Waals surface area (Å²) in [5, 5.41) is 2.41. The van der Waals surface area contributed by atoms with E-state index in [9.17, 15) is 0 Å². The van der Waals surface area contributed by atoms with Crippen LogP contribution in [-0.4, -0.2) is 0 Å². The van der Waals surface area contributed by atoms with Crippen molar-refractivity contribution in [1.29, 1.82) is 0 Å². The van der Waals surface area contributed by atoms with Crippen molar-refractivity contribution in [3.63, 3.8) is 0 Å². The van der Waals surface area contributed by atoms with Crippen molar-refractivity contribution < 1.29 is 0 Å². The molecule has 0 nitrogen and oxygen atoms in total. The monoisotopic (exact) mass is 272 g/mol. The fraction of sp³-hybridized carbons (Fsp3) is 0.778. The predicted octanol–water partition coefficient (Wildman–Crippen LogP) is 5.56. The van der Waals surface area contributed by atoms with Gasteiger partial charge in [0, 0.05) is 4.88 Å². The molecule has 102 valence electrons. The van der Waals surface area contributed by atoms with Gasteiger partial charge in [-0.3, -0.25) is 0 Å². The van der Waals surface area contributed by atoms with Crippen LogP contribution in [0.3, 0.4) is 0 Å². The van der Waals surface area contributed by atoms with Crippen LogP contribution in [0.4, 0.5) is 0 Å². The van der Waals surface area contributed by atoms with Gasteiger partial charge in [0.1, 0.15) is 0 Å². The molecular formula is C18H24S. The maximum Gasteiger partial charge on any atom is 0.0114 e. The molecule has 0 aromatic carbocycles. The number of fused-ring (bicyclic) bond motifs is 4. The van der Waals surface area contributed by atoms with Gasteiger partial charge in [-0.15, -0.1) is 11.3 Å². The molecule has 0 saturated heterocycles. The zero-order chi connectivity index (χ0) is 12.4. The van der Waals surface area contributed by atoms with Crippen molar-refractivity contribution in [2.45, 2.75) is 63.2 Å². The zero-order valence-electron chi connectivity index (χ0n) is 11.7. The van der Waals surface area contributed by atoms with Crippen LogP contribution < -0.4 is 0 Å². The molecule has 5 rings (SSSR count). The van der Waals surface area contributed by atoms with Crippen molar-refractivity contribution in [2.24, 2.45) is 23.7 Å². The van der Waals surface area contributed by atoms with Gasteiger partial charge >= 0.3 is 0 Å². The van der Waals surface area contributed by atoms with Crippen LogP contribution in [0.25, 0.3) is 0 Å². The highest BCUT2D eigenvalue weighted by Gasteiger charge is 2.45. The molecule has 0 spiro atoms. The first-order valence-electron chi connectivity index (χ1n) is 8.45. The number of rotatable bonds is 2. The summed E-state index contributed by atoms with van der Waals surface area (Å²) >= 11 is 2.10. The summed E-state index contributed by atoms with van der Waals surface area (Å²) in [6.45, 7) is 0. The summed E-state index contributed by atoms with van der Waals surface area (Å²) in [7, 11) is 0. The summed E-state index contributed by atoms with van der Waals surface area (Å²) in [5.74, 6) is 6.21. The normalized spacial score (nSPS) is 47.4. The summed E-state index contributed by atoms with van der Waals surface area (Å²) < 4.78 is 0. The SMILES string of the molecule is c1cc([C@@H]2C[C@H]3CC[C@@H]2C3)c([C@@H]2C[C@H]3CC[C@@H]2C3)s1. The first-order valence-corrected chi connectivity index (χ1v) is 9.33. The van der Waals surface area contributed by atoms with E-state index in [0.29, 0.717) is 0 Å². The van der Waals surface area contributed by atoms with E-state index in [2.05, 4.69) is 22.8 Å². The Balaban J connectivity index is 1.47. The van der Waals surface area contributed by atoms with Gasteiger partial charge < -0.3 is 0 Å². The van der Waals surface area contributed by atoms with Crippen LogP contribution in [0.5, 0.6) is 0 Å². The molecule has 4 saturated carbocycles. The van der Waals surface area contributed by atoms with E-state index in [1.807, 2.05) is 10.4 Å². The smallest absolute Gasteiger partial charge is 0.0114 e. The Morgan fingerprint density at radius 1 is 0.789 bits per heavy atom. The van der Waals surface area contributed by atoms with Crippen LogP contribution in [0, 0.1) is 23.7 Å². The largest absolute Gasteiger partial charge is 0.148 e. The van der Waals surface area contributed by atoms with Crippen LogP contribution in [0.2, 0.25) is 0 Å². The summed E-state index contributed by atoms with van der Waals surface area (Å²) in [6.07, 6.45) is 12.3. The third kappa shape index (κ3) is 1.63. The van der Waals surface area contributed by atoms with Crippen LogP contribution in [0.15, 0.2) is 11.4 Å². The fourth-order valence-electron chi connectivity index (χ4n) is 6.13. The van der Waals surface area contributed by atoms with Crippen molar-refractivity contribution in [3.8, 4) is 0 Å². The summed E-state index contributed by atoms with van der Waals surface area (Å²) in [5.41, 5.74) is 1.81. The zero-order valence-corrected chi connectivity index (χ0v) is 12.5. The second kappa shape index (κ2) is 4.10. The minimum absolute atomic E-state index is 0.958. The highest BCUT2D eigenvalue weighted by Crippen LogP contribution is 2.58. The van der Waals surface area contributed by atoms with E-state index in [-0.39, 0.29) is 0 Å². The Kier molecular flexibility index (Phi) is 2.45. The molecule has 1 heterocycles. The molecule has 0 amide bonds. The maximum absolute atomic E-state index is 2.51. The minimum Gasteiger partial charge on any atom is -0.148 e. The van der Waals surface area contributed by atoms with E-state index < -0.39 is 0 Å². The Bertz CT molecular complexity index is 445. The lowest BCUT2D eigenvalue weighted by atomic mass is 9.79. The standard InChI is InChI=1S/C18H24S/c1-3-13-7-11(1)9-16(13)15-5-6-19-18(15)17-10-12-2-4-14(17)8-12/h5-6,11-14,16-17H,1-4,7-10H2/t11-,12-,13+,14+,16+,17+/m0/s1. The van der Waals surface area contributed by atoms with E-state index in [4.69, 9.17) is 0 Å². The summed E-state index contributed by atoms with van der Waals surface area (Å²) in [6, 6.07) is 2.51. The van der Waals surface area contributed by atoms with Gasteiger partial charge in [0.25, 0.3) is 0 Å². The van der Waals surface area contributed by atoms with Gasteiger partial charge in [-0.25, -0.2) is 0 Å². The van der Waals surface area contributed by atoms with Crippen LogP contribution >= 0.6 is 11.3 Å². The highest BCUT2D eigenvalue weighted by molar-refractivity contribution is 7.10. The first-order chi connectivity index (χ1) is 9.38. The fourth-order valence-corrected chi connectivity index (χ4v) is 7.31.